The third kappa shape index (κ3) is 7.37. The molecule has 5 rings (SSSR count). The summed E-state index contributed by atoms with van der Waals surface area (Å²) in [5.41, 5.74) is 3.24. The summed E-state index contributed by atoms with van der Waals surface area (Å²) in [5, 5.41) is 24.3. The third-order valence-corrected chi connectivity index (χ3v) is 8.21. The zero-order valence-corrected chi connectivity index (χ0v) is 26.0. The molecule has 0 saturated carbocycles. The highest BCUT2D eigenvalue weighted by molar-refractivity contribution is 5.98. The largest absolute Gasteiger partial charge is 0.456 e. The standard InChI is InChI=1S/C34H39N3O9/c1-20(39)29(32(42)35-13-14-38)36-31(41)25-16-26(44-33(43)22-10-6-7-21(15-22)11-12-28(40)37(2)3)30-27(17-25)45-34(46-30)18-23-8-4-5-9-24(23)19-34/h4-12,15,17,20,26-27,29-30,38-39H,13-14,16,18-19H2,1-3H3,(H,35,42)(H,36,41). The predicted octanol–water partition coefficient (Wildman–Crippen LogP) is 0.897. The lowest BCUT2D eigenvalue weighted by molar-refractivity contribution is -0.172. The average molecular weight is 634 g/mol. The molecule has 1 aliphatic heterocycles. The van der Waals surface area contributed by atoms with Crippen LogP contribution in [-0.2, 0) is 41.4 Å². The van der Waals surface area contributed by atoms with Crippen molar-refractivity contribution in [2.45, 2.75) is 62.4 Å². The summed E-state index contributed by atoms with van der Waals surface area (Å²) in [6.45, 7) is 1.03. The van der Waals surface area contributed by atoms with E-state index in [9.17, 15) is 24.3 Å². The molecule has 0 radical (unpaired) electrons. The normalized spacial score (nSPS) is 22.4. The maximum absolute atomic E-state index is 13.5. The van der Waals surface area contributed by atoms with Crippen LogP contribution in [0.2, 0.25) is 0 Å². The molecule has 3 aliphatic rings. The Morgan fingerprint density at radius 1 is 1.09 bits per heavy atom. The van der Waals surface area contributed by atoms with Gasteiger partial charge < -0.3 is 40.0 Å². The van der Waals surface area contributed by atoms with E-state index in [1.807, 2.05) is 24.3 Å². The molecule has 5 unspecified atom stereocenters. The van der Waals surface area contributed by atoms with Crippen molar-refractivity contribution < 1.29 is 43.6 Å². The Kier molecular flexibility index (Phi) is 10.0. The number of nitrogens with zero attached hydrogens (tertiary/aromatic N) is 1. The third-order valence-electron chi connectivity index (χ3n) is 8.21. The van der Waals surface area contributed by atoms with Crippen molar-refractivity contribution in [2.75, 3.05) is 27.2 Å². The van der Waals surface area contributed by atoms with Gasteiger partial charge in [-0.15, -0.1) is 0 Å². The molecule has 244 valence electrons. The summed E-state index contributed by atoms with van der Waals surface area (Å²) >= 11 is 0. The first kappa shape index (κ1) is 33.0. The molecule has 2 aromatic carbocycles. The maximum atomic E-state index is 13.5. The SMILES string of the molecule is CC(O)C(NC(=O)C1=CC2OC3(Cc4ccccc4C3)OC2C(OC(=O)c2cccc(C=CC(=O)N(C)C)c2)C1)C(=O)NCCO. The summed E-state index contributed by atoms with van der Waals surface area (Å²) in [7, 11) is 3.28. The summed E-state index contributed by atoms with van der Waals surface area (Å²) in [6.07, 6.45) is 1.97. The number of rotatable bonds is 10. The van der Waals surface area contributed by atoms with Gasteiger partial charge in [0.05, 0.1) is 18.3 Å². The minimum atomic E-state index is -1.29. The molecule has 46 heavy (non-hydrogen) atoms. The smallest absolute Gasteiger partial charge is 0.338 e. The van der Waals surface area contributed by atoms with Crippen LogP contribution in [-0.4, -0.2) is 102 Å². The molecule has 12 nitrogen and oxygen atoms in total. The zero-order chi connectivity index (χ0) is 33.0. The summed E-state index contributed by atoms with van der Waals surface area (Å²) in [5.74, 6) is -3.14. The highest BCUT2D eigenvalue weighted by Gasteiger charge is 2.55. The number of nitrogens with one attached hydrogen (secondary N) is 2. The number of aliphatic hydroxyl groups is 2. The van der Waals surface area contributed by atoms with Crippen LogP contribution in [0, 0.1) is 0 Å². The first-order chi connectivity index (χ1) is 22.0. The number of carbonyl (C=O) groups is 4. The molecule has 12 heteroatoms. The number of aliphatic hydroxyl groups excluding tert-OH is 2. The van der Waals surface area contributed by atoms with Crippen molar-refractivity contribution >= 4 is 29.8 Å². The van der Waals surface area contributed by atoms with Crippen LogP contribution in [0.5, 0.6) is 0 Å². The lowest BCUT2D eigenvalue weighted by Crippen LogP contribution is -2.54. The van der Waals surface area contributed by atoms with Gasteiger partial charge in [0.1, 0.15) is 24.4 Å². The first-order valence-electron chi connectivity index (χ1n) is 15.2. The van der Waals surface area contributed by atoms with Crippen molar-refractivity contribution in [3.05, 3.63) is 88.5 Å². The molecule has 0 aromatic heterocycles. The number of amides is 3. The van der Waals surface area contributed by atoms with Crippen LogP contribution in [0.25, 0.3) is 6.08 Å². The molecule has 0 bridgehead atoms. The van der Waals surface area contributed by atoms with Gasteiger partial charge in [-0.05, 0) is 47.9 Å². The Balaban J connectivity index is 1.38. The number of carbonyl (C=O) groups excluding carboxylic acids is 4. The van der Waals surface area contributed by atoms with Gasteiger partial charge in [0, 0.05) is 51.6 Å². The number of hydrogen-bond acceptors (Lipinski definition) is 9. The van der Waals surface area contributed by atoms with Gasteiger partial charge in [0.25, 0.3) is 0 Å². The van der Waals surface area contributed by atoms with Gasteiger partial charge in [0.15, 0.2) is 5.79 Å². The lowest BCUT2D eigenvalue weighted by atomic mass is 9.91. The van der Waals surface area contributed by atoms with Crippen LogP contribution in [0.3, 0.4) is 0 Å². The molecule has 2 aromatic rings. The highest BCUT2D eigenvalue weighted by Crippen LogP contribution is 2.45. The molecule has 1 spiro atoms. The van der Waals surface area contributed by atoms with Crippen LogP contribution < -0.4 is 10.6 Å². The Morgan fingerprint density at radius 2 is 1.80 bits per heavy atom. The van der Waals surface area contributed by atoms with Crippen molar-refractivity contribution in [3.8, 4) is 0 Å². The topological polar surface area (TPSA) is 164 Å². The van der Waals surface area contributed by atoms with Crippen LogP contribution in [0.15, 0.2) is 66.3 Å². The Morgan fingerprint density at radius 3 is 2.46 bits per heavy atom. The predicted molar refractivity (Wildman–Crippen MR) is 166 cm³/mol. The summed E-state index contributed by atoms with van der Waals surface area (Å²) in [6, 6.07) is 13.3. The molecule has 1 heterocycles. The average Bonchev–Trinajstić information content (AvgIpc) is 3.58. The van der Waals surface area contributed by atoms with Crippen LogP contribution in [0.4, 0.5) is 0 Å². The molecule has 3 amide bonds. The van der Waals surface area contributed by atoms with Gasteiger partial charge >= 0.3 is 5.97 Å². The fourth-order valence-corrected chi connectivity index (χ4v) is 5.88. The first-order valence-corrected chi connectivity index (χ1v) is 15.2. The van der Waals surface area contributed by atoms with E-state index in [1.54, 1.807) is 50.5 Å². The zero-order valence-electron chi connectivity index (χ0n) is 26.0. The minimum absolute atomic E-state index is 0.0349. The second kappa shape index (κ2) is 14.0. The van der Waals surface area contributed by atoms with Gasteiger partial charge in [-0.2, -0.15) is 0 Å². The number of fused-ring (bicyclic) bond motifs is 2. The number of hydrogen-bond donors (Lipinski definition) is 4. The second-order valence-electron chi connectivity index (χ2n) is 11.9. The molecular formula is C34H39N3O9. The van der Waals surface area contributed by atoms with Crippen molar-refractivity contribution in [1.82, 2.24) is 15.5 Å². The number of likely N-dealkylation sites (N-methyl/N-ethyl adjacent to an activating group) is 1. The fraction of sp³-hybridized carbons (Fsp3) is 0.412. The summed E-state index contributed by atoms with van der Waals surface area (Å²) in [4.78, 5) is 53.0. The minimum Gasteiger partial charge on any atom is -0.456 e. The number of benzene rings is 2. The van der Waals surface area contributed by atoms with Crippen molar-refractivity contribution in [2.24, 2.45) is 0 Å². The van der Waals surface area contributed by atoms with Gasteiger partial charge in [0.2, 0.25) is 17.7 Å². The fourth-order valence-electron chi connectivity index (χ4n) is 5.88. The lowest BCUT2D eigenvalue weighted by Gasteiger charge is -2.31. The summed E-state index contributed by atoms with van der Waals surface area (Å²) < 4.78 is 19.0. The van der Waals surface area contributed by atoms with Gasteiger partial charge in [-0.25, -0.2) is 4.79 Å². The molecular weight excluding hydrogens is 594 g/mol. The van der Waals surface area contributed by atoms with Gasteiger partial charge in [-0.1, -0.05) is 36.4 Å². The van der Waals surface area contributed by atoms with E-state index in [0.29, 0.717) is 18.4 Å². The molecule has 2 aliphatic carbocycles. The second-order valence-corrected chi connectivity index (χ2v) is 11.9. The Bertz CT molecular complexity index is 1520. The monoisotopic (exact) mass is 633 g/mol. The molecule has 1 saturated heterocycles. The molecule has 1 fully saturated rings. The van der Waals surface area contributed by atoms with E-state index in [4.69, 9.17) is 19.3 Å². The van der Waals surface area contributed by atoms with Gasteiger partial charge in [-0.3, -0.25) is 14.4 Å². The highest BCUT2D eigenvalue weighted by atomic mass is 16.8. The van der Waals surface area contributed by atoms with Crippen molar-refractivity contribution in [1.29, 1.82) is 0 Å². The van der Waals surface area contributed by atoms with Crippen LogP contribution in [0.1, 0.15) is 40.4 Å². The Labute approximate surface area is 267 Å². The number of ether oxygens (including phenoxy) is 3. The maximum Gasteiger partial charge on any atom is 0.338 e. The Hall–Kier alpha value is -4.36. The van der Waals surface area contributed by atoms with E-state index in [0.717, 1.165) is 11.1 Å². The van der Waals surface area contributed by atoms with Crippen molar-refractivity contribution in [3.63, 3.8) is 0 Å². The van der Waals surface area contributed by atoms with E-state index < -0.39 is 54.0 Å². The molecule has 4 N–H and O–H groups in total. The van der Waals surface area contributed by atoms with Crippen LogP contribution >= 0.6 is 0 Å². The van der Waals surface area contributed by atoms with E-state index in [-0.39, 0.29) is 36.6 Å². The van der Waals surface area contributed by atoms with E-state index in [2.05, 4.69) is 10.6 Å². The quantitative estimate of drug-likeness (QED) is 0.220. The number of esters is 1. The van der Waals surface area contributed by atoms with E-state index in [1.165, 1.54) is 17.9 Å². The van der Waals surface area contributed by atoms with E-state index >= 15 is 0 Å². The molecule has 5 atom stereocenters.